The lowest BCUT2D eigenvalue weighted by Crippen LogP contribution is -2.56. The van der Waals surface area contributed by atoms with Gasteiger partial charge in [0.15, 0.2) is 0 Å². The highest BCUT2D eigenvalue weighted by molar-refractivity contribution is 5.80. The Morgan fingerprint density at radius 3 is 3.07 bits per heavy atom. The van der Waals surface area contributed by atoms with Gasteiger partial charge in [-0.2, -0.15) is 5.26 Å². The first-order valence-electron chi connectivity index (χ1n) is 5.20. The smallest absolute Gasteiger partial charge is 0.237 e. The Kier molecular flexibility index (Phi) is 4.53. The molecule has 1 fully saturated rings. The Labute approximate surface area is 89.8 Å². The zero-order valence-corrected chi connectivity index (χ0v) is 8.98. The van der Waals surface area contributed by atoms with Crippen molar-refractivity contribution in [3.8, 4) is 6.07 Å². The molecular formula is C10H17N3O2. The molecule has 0 saturated carbocycles. The molecule has 0 bridgehead atoms. The fourth-order valence-corrected chi connectivity index (χ4v) is 1.90. The van der Waals surface area contributed by atoms with Crippen LogP contribution in [-0.4, -0.2) is 42.6 Å². The molecule has 0 aromatic rings. The quantitative estimate of drug-likeness (QED) is 0.702. The zero-order chi connectivity index (χ0) is 11.3. The van der Waals surface area contributed by atoms with Crippen LogP contribution in [0.15, 0.2) is 0 Å². The summed E-state index contributed by atoms with van der Waals surface area (Å²) in [5.74, 6) is -0.369. The van der Waals surface area contributed by atoms with Gasteiger partial charge in [0.2, 0.25) is 5.91 Å². The van der Waals surface area contributed by atoms with E-state index in [9.17, 15) is 4.79 Å². The third-order valence-electron chi connectivity index (χ3n) is 2.77. The summed E-state index contributed by atoms with van der Waals surface area (Å²) in [6.45, 7) is 3.63. The van der Waals surface area contributed by atoms with Crippen molar-refractivity contribution < 1.29 is 9.53 Å². The molecule has 0 radical (unpaired) electrons. The molecule has 0 aliphatic carbocycles. The number of nitrogens with zero attached hydrogens (tertiary/aromatic N) is 2. The van der Waals surface area contributed by atoms with Crippen LogP contribution in [0.2, 0.25) is 0 Å². The van der Waals surface area contributed by atoms with Gasteiger partial charge in [-0.15, -0.1) is 0 Å². The molecule has 2 unspecified atom stereocenters. The number of nitriles is 1. The highest BCUT2D eigenvalue weighted by Crippen LogP contribution is 2.15. The number of amides is 1. The Bertz CT molecular complexity index is 262. The van der Waals surface area contributed by atoms with Crippen molar-refractivity contribution in [2.75, 3.05) is 19.8 Å². The van der Waals surface area contributed by atoms with Crippen LogP contribution in [0.3, 0.4) is 0 Å². The van der Waals surface area contributed by atoms with Crippen LogP contribution in [0.4, 0.5) is 0 Å². The van der Waals surface area contributed by atoms with E-state index in [0.717, 1.165) is 6.42 Å². The molecule has 1 saturated heterocycles. The van der Waals surface area contributed by atoms with Gasteiger partial charge in [0.05, 0.1) is 25.7 Å². The zero-order valence-electron chi connectivity index (χ0n) is 8.98. The van der Waals surface area contributed by atoms with Crippen LogP contribution in [0.5, 0.6) is 0 Å². The van der Waals surface area contributed by atoms with E-state index in [2.05, 4.69) is 6.07 Å². The van der Waals surface area contributed by atoms with Gasteiger partial charge in [0.25, 0.3) is 0 Å². The minimum atomic E-state index is -0.378. The molecule has 0 aromatic carbocycles. The number of carbonyl (C=O) groups excluding carboxylic acids is 1. The third-order valence-corrected chi connectivity index (χ3v) is 2.77. The second kappa shape index (κ2) is 5.69. The maximum Gasteiger partial charge on any atom is 0.237 e. The van der Waals surface area contributed by atoms with Gasteiger partial charge in [-0.3, -0.25) is 9.69 Å². The summed E-state index contributed by atoms with van der Waals surface area (Å²) >= 11 is 0. The predicted molar refractivity (Wildman–Crippen MR) is 54.8 cm³/mol. The fourth-order valence-electron chi connectivity index (χ4n) is 1.90. The van der Waals surface area contributed by atoms with E-state index in [1.165, 1.54) is 0 Å². The van der Waals surface area contributed by atoms with E-state index in [1.54, 1.807) is 0 Å². The van der Waals surface area contributed by atoms with Gasteiger partial charge in [-0.05, 0) is 6.42 Å². The Morgan fingerprint density at radius 2 is 2.53 bits per heavy atom. The van der Waals surface area contributed by atoms with E-state index >= 15 is 0 Å². The minimum Gasteiger partial charge on any atom is -0.378 e. The van der Waals surface area contributed by atoms with E-state index in [-0.39, 0.29) is 18.0 Å². The molecule has 1 aliphatic rings. The van der Waals surface area contributed by atoms with Crippen LogP contribution < -0.4 is 5.73 Å². The second-order valence-corrected chi connectivity index (χ2v) is 3.66. The van der Waals surface area contributed by atoms with E-state index < -0.39 is 0 Å². The van der Waals surface area contributed by atoms with Crippen LogP contribution in [-0.2, 0) is 9.53 Å². The average Bonchev–Trinajstić information content (AvgIpc) is 2.26. The second-order valence-electron chi connectivity index (χ2n) is 3.66. The lowest BCUT2D eigenvalue weighted by molar-refractivity contribution is -0.131. The van der Waals surface area contributed by atoms with Crippen molar-refractivity contribution in [3.63, 3.8) is 0 Å². The minimum absolute atomic E-state index is 0.108. The van der Waals surface area contributed by atoms with Crippen molar-refractivity contribution in [2.24, 2.45) is 5.73 Å². The van der Waals surface area contributed by atoms with Gasteiger partial charge in [-0.25, -0.2) is 0 Å². The lowest BCUT2D eigenvalue weighted by Gasteiger charge is -2.38. The molecule has 1 rings (SSSR count). The van der Waals surface area contributed by atoms with E-state index in [0.29, 0.717) is 26.2 Å². The topological polar surface area (TPSA) is 79.3 Å². The van der Waals surface area contributed by atoms with Crippen LogP contribution in [0.25, 0.3) is 0 Å². The summed E-state index contributed by atoms with van der Waals surface area (Å²) in [6.07, 6.45) is 1.28. The molecule has 2 N–H and O–H groups in total. The summed E-state index contributed by atoms with van der Waals surface area (Å²) < 4.78 is 5.22. The number of nitrogens with two attached hydrogens (primary N) is 1. The Hall–Kier alpha value is -1.12. The average molecular weight is 211 g/mol. The first-order chi connectivity index (χ1) is 7.20. The molecule has 5 heteroatoms. The third kappa shape index (κ3) is 2.91. The van der Waals surface area contributed by atoms with Crippen LogP contribution in [0, 0.1) is 11.3 Å². The standard InChI is InChI=1S/C10H17N3O2/c1-2-8(3-4-11)13-5-6-15-7-9(13)10(12)14/h8-9H,2-3,5-7H2,1H3,(H2,12,14). The van der Waals surface area contributed by atoms with Gasteiger partial charge in [0, 0.05) is 12.6 Å². The normalized spacial score (nSPS) is 24.4. The van der Waals surface area contributed by atoms with Crippen molar-refractivity contribution in [2.45, 2.75) is 31.8 Å². The molecule has 1 amide bonds. The maximum absolute atomic E-state index is 11.2. The summed E-state index contributed by atoms with van der Waals surface area (Å²) in [6, 6.07) is 1.87. The fraction of sp³-hybridized carbons (Fsp3) is 0.800. The van der Waals surface area contributed by atoms with Crippen LogP contribution >= 0.6 is 0 Å². The van der Waals surface area contributed by atoms with Gasteiger partial charge < -0.3 is 10.5 Å². The number of morpholine rings is 1. The molecule has 1 aliphatic heterocycles. The lowest BCUT2D eigenvalue weighted by atomic mass is 10.1. The highest BCUT2D eigenvalue weighted by atomic mass is 16.5. The van der Waals surface area contributed by atoms with Crippen molar-refractivity contribution in [1.82, 2.24) is 4.90 Å². The van der Waals surface area contributed by atoms with E-state index in [4.69, 9.17) is 15.7 Å². The van der Waals surface area contributed by atoms with Crippen molar-refractivity contribution >= 4 is 5.91 Å². The van der Waals surface area contributed by atoms with E-state index in [1.807, 2.05) is 11.8 Å². The number of ether oxygens (including phenoxy) is 1. The monoisotopic (exact) mass is 211 g/mol. The molecule has 15 heavy (non-hydrogen) atoms. The Morgan fingerprint density at radius 1 is 1.80 bits per heavy atom. The number of hydrogen-bond donors (Lipinski definition) is 1. The summed E-state index contributed by atoms with van der Waals surface area (Å²) in [5, 5.41) is 8.70. The molecular weight excluding hydrogens is 194 g/mol. The SMILES string of the molecule is CCC(CC#N)N1CCOCC1C(N)=O. The molecule has 84 valence electrons. The summed E-state index contributed by atoms with van der Waals surface area (Å²) in [7, 11) is 0. The number of carbonyl (C=O) groups is 1. The number of rotatable bonds is 4. The number of primary amides is 1. The summed E-state index contributed by atoms with van der Waals surface area (Å²) in [4.78, 5) is 13.2. The van der Waals surface area contributed by atoms with Gasteiger partial charge >= 0.3 is 0 Å². The number of hydrogen-bond acceptors (Lipinski definition) is 4. The Balaban J connectivity index is 2.69. The molecule has 5 nitrogen and oxygen atoms in total. The first-order valence-corrected chi connectivity index (χ1v) is 5.20. The largest absolute Gasteiger partial charge is 0.378 e. The van der Waals surface area contributed by atoms with Gasteiger partial charge in [-0.1, -0.05) is 6.92 Å². The highest BCUT2D eigenvalue weighted by Gasteiger charge is 2.31. The van der Waals surface area contributed by atoms with Crippen LogP contribution in [0.1, 0.15) is 19.8 Å². The van der Waals surface area contributed by atoms with Crippen molar-refractivity contribution in [3.05, 3.63) is 0 Å². The maximum atomic E-state index is 11.2. The molecule has 2 atom stereocenters. The summed E-state index contributed by atoms with van der Waals surface area (Å²) in [5.41, 5.74) is 5.30. The molecule has 0 aromatic heterocycles. The first kappa shape index (κ1) is 12.0. The molecule has 1 heterocycles. The van der Waals surface area contributed by atoms with Crippen molar-refractivity contribution in [1.29, 1.82) is 5.26 Å². The molecule has 0 spiro atoms. The van der Waals surface area contributed by atoms with Gasteiger partial charge in [0.1, 0.15) is 6.04 Å². The predicted octanol–water partition coefficient (Wildman–Crippen LogP) is -0.135.